The predicted octanol–water partition coefficient (Wildman–Crippen LogP) is 3.78. The number of hydrogen-bond acceptors (Lipinski definition) is 2. The van der Waals surface area contributed by atoms with Gasteiger partial charge in [0, 0.05) is 13.0 Å². The highest BCUT2D eigenvalue weighted by Gasteiger charge is 2.38. The van der Waals surface area contributed by atoms with Crippen molar-refractivity contribution in [3.8, 4) is 11.1 Å². The Morgan fingerprint density at radius 2 is 1.75 bits per heavy atom. The fraction of sp³-hybridized carbons (Fsp3) is 0.250. The zero-order chi connectivity index (χ0) is 14.2. The van der Waals surface area contributed by atoms with E-state index in [1.165, 1.54) is 0 Å². The van der Waals surface area contributed by atoms with Crippen LogP contribution in [-0.4, -0.2) is 19.0 Å². The molecule has 104 valence electrons. The zero-order valence-corrected chi connectivity index (χ0v) is 11.0. The molecule has 4 heteroatoms. The molecule has 2 N–H and O–H groups in total. The number of benzene rings is 2. The molecule has 1 saturated heterocycles. The molecule has 0 saturated carbocycles. The van der Waals surface area contributed by atoms with E-state index in [1.807, 2.05) is 42.5 Å². The third-order valence-corrected chi connectivity index (χ3v) is 3.65. The summed E-state index contributed by atoms with van der Waals surface area (Å²) in [6.45, 7) is 0.0882. The molecule has 0 aliphatic carbocycles. The van der Waals surface area contributed by atoms with Crippen molar-refractivity contribution in [2.45, 2.75) is 12.3 Å². The lowest BCUT2D eigenvalue weighted by atomic mass is 10.0. The van der Waals surface area contributed by atoms with Gasteiger partial charge in [-0.05, 0) is 23.3 Å². The summed E-state index contributed by atoms with van der Waals surface area (Å²) in [6, 6.07) is 15.4. The van der Waals surface area contributed by atoms with Gasteiger partial charge in [0.05, 0.1) is 17.9 Å². The van der Waals surface area contributed by atoms with Crippen LogP contribution in [-0.2, 0) is 0 Å². The summed E-state index contributed by atoms with van der Waals surface area (Å²) in [4.78, 5) is 1.67. The highest BCUT2D eigenvalue weighted by atomic mass is 19.3. The number of hydrogen-bond donors (Lipinski definition) is 1. The second-order valence-corrected chi connectivity index (χ2v) is 5.17. The molecule has 2 aromatic carbocycles. The summed E-state index contributed by atoms with van der Waals surface area (Å²) >= 11 is 0. The van der Waals surface area contributed by atoms with Crippen LogP contribution in [0.5, 0.6) is 0 Å². The number of nitrogen functional groups attached to an aromatic ring is 1. The van der Waals surface area contributed by atoms with Gasteiger partial charge >= 0.3 is 0 Å². The quantitative estimate of drug-likeness (QED) is 0.844. The number of nitrogens with zero attached hydrogens (tertiary/aromatic N) is 1. The van der Waals surface area contributed by atoms with Crippen LogP contribution >= 0.6 is 0 Å². The van der Waals surface area contributed by atoms with E-state index in [-0.39, 0.29) is 13.0 Å². The van der Waals surface area contributed by atoms with Crippen LogP contribution in [0.1, 0.15) is 6.42 Å². The first kappa shape index (κ1) is 12.9. The van der Waals surface area contributed by atoms with Gasteiger partial charge in [-0.1, -0.05) is 36.4 Å². The van der Waals surface area contributed by atoms with Crippen molar-refractivity contribution in [3.05, 3.63) is 48.5 Å². The van der Waals surface area contributed by atoms with Crippen LogP contribution in [0.2, 0.25) is 0 Å². The first-order valence-electron chi connectivity index (χ1n) is 6.63. The molecule has 1 fully saturated rings. The van der Waals surface area contributed by atoms with Crippen molar-refractivity contribution in [1.82, 2.24) is 0 Å². The summed E-state index contributed by atoms with van der Waals surface area (Å²) in [5.41, 5.74) is 9.24. The van der Waals surface area contributed by atoms with Gasteiger partial charge in [-0.25, -0.2) is 8.78 Å². The topological polar surface area (TPSA) is 29.3 Å². The molecule has 2 nitrogen and oxygen atoms in total. The number of rotatable bonds is 2. The first-order valence-corrected chi connectivity index (χ1v) is 6.63. The maximum Gasteiger partial charge on any atom is 0.266 e. The van der Waals surface area contributed by atoms with Gasteiger partial charge in [0.2, 0.25) is 0 Å². The van der Waals surface area contributed by atoms with Gasteiger partial charge in [-0.2, -0.15) is 0 Å². The smallest absolute Gasteiger partial charge is 0.266 e. The summed E-state index contributed by atoms with van der Waals surface area (Å²) in [7, 11) is 0. The highest BCUT2D eigenvalue weighted by molar-refractivity contribution is 5.77. The maximum atomic E-state index is 13.4. The molecule has 0 amide bonds. The minimum atomic E-state index is -2.62. The molecule has 2 aromatic rings. The molecule has 1 aliphatic rings. The Hall–Kier alpha value is -2.10. The van der Waals surface area contributed by atoms with Gasteiger partial charge < -0.3 is 10.6 Å². The van der Waals surface area contributed by atoms with Gasteiger partial charge in [-0.15, -0.1) is 0 Å². The maximum absolute atomic E-state index is 13.4. The Labute approximate surface area is 116 Å². The normalized spacial score (nSPS) is 17.4. The van der Waals surface area contributed by atoms with Crippen LogP contribution in [0.3, 0.4) is 0 Å². The molecule has 0 unspecified atom stereocenters. The van der Waals surface area contributed by atoms with Crippen molar-refractivity contribution in [2.24, 2.45) is 0 Å². The van der Waals surface area contributed by atoms with E-state index in [4.69, 9.17) is 5.73 Å². The fourth-order valence-electron chi connectivity index (χ4n) is 2.57. The molecular formula is C16H16F2N2. The van der Waals surface area contributed by atoms with Crippen molar-refractivity contribution < 1.29 is 8.78 Å². The van der Waals surface area contributed by atoms with Crippen molar-refractivity contribution in [2.75, 3.05) is 23.7 Å². The summed E-state index contributed by atoms with van der Waals surface area (Å²) in [5, 5.41) is 0. The Bertz CT molecular complexity index is 611. The number of anilines is 2. The average Bonchev–Trinajstić information content (AvgIpc) is 2.80. The van der Waals surface area contributed by atoms with Crippen molar-refractivity contribution in [3.63, 3.8) is 0 Å². The van der Waals surface area contributed by atoms with Crippen molar-refractivity contribution in [1.29, 1.82) is 0 Å². The lowest BCUT2D eigenvalue weighted by molar-refractivity contribution is 0.0257. The molecule has 3 rings (SSSR count). The van der Waals surface area contributed by atoms with E-state index in [2.05, 4.69) is 0 Å². The largest absolute Gasteiger partial charge is 0.397 e. The third kappa shape index (κ3) is 2.46. The number of nitrogens with two attached hydrogens (primary N) is 1. The standard InChI is InChI=1S/C16H16F2N2/c17-16(18)8-9-20(11-16)15-10-13(6-7-14(15)19)12-4-2-1-3-5-12/h1-7,10H,8-9,11,19H2. The highest BCUT2D eigenvalue weighted by Crippen LogP contribution is 2.36. The third-order valence-electron chi connectivity index (χ3n) is 3.65. The molecule has 0 spiro atoms. The second kappa shape index (κ2) is 4.78. The minimum absolute atomic E-state index is 0.109. The Balaban J connectivity index is 1.96. The predicted molar refractivity (Wildman–Crippen MR) is 78.1 cm³/mol. The van der Waals surface area contributed by atoms with Gasteiger partial charge in [0.1, 0.15) is 0 Å². The van der Waals surface area contributed by atoms with Crippen LogP contribution in [0.4, 0.5) is 20.2 Å². The molecule has 0 atom stereocenters. The van der Waals surface area contributed by atoms with Crippen LogP contribution in [0.15, 0.2) is 48.5 Å². The molecule has 0 radical (unpaired) electrons. The zero-order valence-electron chi connectivity index (χ0n) is 11.0. The number of halogens is 2. The minimum Gasteiger partial charge on any atom is -0.397 e. The molecule has 20 heavy (non-hydrogen) atoms. The summed E-state index contributed by atoms with van der Waals surface area (Å²) < 4.78 is 26.7. The van der Waals surface area contributed by atoms with Crippen LogP contribution in [0.25, 0.3) is 11.1 Å². The van der Waals surface area contributed by atoms with E-state index in [0.29, 0.717) is 17.9 Å². The Kier molecular flexibility index (Phi) is 3.08. The van der Waals surface area contributed by atoms with E-state index >= 15 is 0 Å². The van der Waals surface area contributed by atoms with Gasteiger partial charge in [-0.3, -0.25) is 0 Å². The molecular weight excluding hydrogens is 258 g/mol. The Morgan fingerprint density at radius 3 is 2.40 bits per heavy atom. The van der Waals surface area contributed by atoms with Crippen LogP contribution < -0.4 is 10.6 Å². The fourth-order valence-corrected chi connectivity index (χ4v) is 2.57. The van der Waals surface area contributed by atoms with Crippen LogP contribution in [0, 0.1) is 0 Å². The average molecular weight is 274 g/mol. The van der Waals surface area contributed by atoms with Gasteiger partial charge in [0.15, 0.2) is 0 Å². The van der Waals surface area contributed by atoms with E-state index in [1.54, 1.807) is 11.0 Å². The summed E-state index contributed by atoms with van der Waals surface area (Å²) in [6.07, 6.45) is -0.109. The Morgan fingerprint density at radius 1 is 1.00 bits per heavy atom. The lowest BCUT2D eigenvalue weighted by Crippen LogP contribution is -2.25. The van der Waals surface area contributed by atoms with Crippen molar-refractivity contribution >= 4 is 11.4 Å². The molecule has 1 aliphatic heterocycles. The molecule has 0 bridgehead atoms. The lowest BCUT2D eigenvalue weighted by Gasteiger charge is -2.21. The first-order chi connectivity index (χ1) is 9.55. The molecule has 0 aromatic heterocycles. The SMILES string of the molecule is Nc1ccc(-c2ccccc2)cc1N1CCC(F)(F)C1. The number of alkyl halides is 2. The summed E-state index contributed by atoms with van der Waals surface area (Å²) in [5.74, 6) is -2.62. The van der Waals surface area contributed by atoms with E-state index in [9.17, 15) is 8.78 Å². The van der Waals surface area contributed by atoms with E-state index < -0.39 is 5.92 Å². The monoisotopic (exact) mass is 274 g/mol. The van der Waals surface area contributed by atoms with Gasteiger partial charge in [0.25, 0.3) is 5.92 Å². The van der Waals surface area contributed by atoms with E-state index in [0.717, 1.165) is 11.1 Å². The molecule has 1 heterocycles. The second-order valence-electron chi connectivity index (χ2n) is 5.17.